The molecule has 0 atom stereocenters. The molecular formula is C10H14FNO3S. The molecule has 0 aliphatic heterocycles. The van der Waals surface area contributed by atoms with E-state index in [0.29, 0.717) is 12.2 Å². The zero-order valence-electron chi connectivity index (χ0n) is 9.16. The Labute approximate surface area is 94.5 Å². The summed E-state index contributed by atoms with van der Waals surface area (Å²) in [7, 11) is -3.26. The van der Waals surface area contributed by atoms with Gasteiger partial charge in [-0.25, -0.2) is 17.5 Å². The summed E-state index contributed by atoms with van der Waals surface area (Å²) in [6.07, 6.45) is 1.05. The number of halogens is 1. The lowest BCUT2D eigenvalue weighted by molar-refractivity contribution is 0.321. The predicted octanol–water partition coefficient (Wildman–Crippen LogP) is 1.27. The third kappa shape index (κ3) is 4.16. The van der Waals surface area contributed by atoms with E-state index >= 15 is 0 Å². The number of hydrogen-bond donors (Lipinski definition) is 1. The van der Waals surface area contributed by atoms with Gasteiger partial charge in [0, 0.05) is 6.54 Å². The maximum atomic E-state index is 13.4. The summed E-state index contributed by atoms with van der Waals surface area (Å²) in [6.45, 7) is 2.22. The van der Waals surface area contributed by atoms with Crippen LogP contribution >= 0.6 is 0 Å². The van der Waals surface area contributed by atoms with Crippen LogP contribution in [-0.4, -0.2) is 21.3 Å². The van der Waals surface area contributed by atoms with Crippen molar-refractivity contribution < 1.29 is 17.5 Å². The van der Waals surface area contributed by atoms with Crippen LogP contribution in [0.2, 0.25) is 0 Å². The average Bonchev–Trinajstić information content (AvgIpc) is 2.18. The van der Waals surface area contributed by atoms with Gasteiger partial charge in [-0.3, -0.25) is 0 Å². The van der Waals surface area contributed by atoms with E-state index in [2.05, 4.69) is 4.72 Å². The van der Waals surface area contributed by atoms with Crippen LogP contribution < -0.4 is 9.46 Å². The van der Waals surface area contributed by atoms with E-state index in [0.717, 1.165) is 6.26 Å². The molecule has 1 rings (SSSR count). The molecule has 0 saturated heterocycles. The van der Waals surface area contributed by atoms with E-state index in [4.69, 9.17) is 4.74 Å². The summed E-state index contributed by atoms with van der Waals surface area (Å²) >= 11 is 0. The molecule has 1 N–H and O–H groups in total. The molecule has 0 fully saturated rings. The van der Waals surface area contributed by atoms with Crippen LogP contribution in [0, 0.1) is 5.82 Å². The maximum absolute atomic E-state index is 13.4. The molecule has 0 aromatic heterocycles. The van der Waals surface area contributed by atoms with Crippen LogP contribution in [0.15, 0.2) is 18.2 Å². The fourth-order valence-electron chi connectivity index (χ4n) is 1.14. The summed E-state index contributed by atoms with van der Waals surface area (Å²) in [6, 6.07) is 4.35. The van der Waals surface area contributed by atoms with Crippen molar-refractivity contribution in [3.63, 3.8) is 0 Å². The maximum Gasteiger partial charge on any atom is 0.209 e. The van der Waals surface area contributed by atoms with E-state index < -0.39 is 15.8 Å². The Hall–Kier alpha value is -1.14. The molecule has 1 aromatic carbocycles. The number of nitrogens with one attached hydrogen (secondary N) is 1. The summed E-state index contributed by atoms with van der Waals surface area (Å²) < 4.78 is 42.3. The van der Waals surface area contributed by atoms with E-state index in [1.807, 2.05) is 0 Å². The van der Waals surface area contributed by atoms with Gasteiger partial charge < -0.3 is 4.74 Å². The molecule has 0 amide bonds. The van der Waals surface area contributed by atoms with Crippen LogP contribution in [0.4, 0.5) is 4.39 Å². The molecule has 16 heavy (non-hydrogen) atoms. The fraction of sp³-hybridized carbons (Fsp3) is 0.400. The number of ether oxygens (including phenoxy) is 1. The average molecular weight is 247 g/mol. The third-order valence-corrected chi connectivity index (χ3v) is 2.50. The van der Waals surface area contributed by atoms with Crippen LogP contribution in [0.1, 0.15) is 12.5 Å². The summed E-state index contributed by atoms with van der Waals surface area (Å²) in [5.74, 6) is -0.319. The van der Waals surface area contributed by atoms with Crippen LogP contribution in [-0.2, 0) is 16.6 Å². The second-order valence-electron chi connectivity index (χ2n) is 3.29. The first kappa shape index (κ1) is 12.9. The highest BCUT2D eigenvalue weighted by atomic mass is 32.2. The van der Waals surface area contributed by atoms with Crippen LogP contribution in [0.25, 0.3) is 0 Å². The van der Waals surface area contributed by atoms with Crippen molar-refractivity contribution in [3.05, 3.63) is 29.6 Å². The second-order valence-corrected chi connectivity index (χ2v) is 5.12. The number of rotatable bonds is 5. The quantitative estimate of drug-likeness (QED) is 0.852. The zero-order chi connectivity index (χ0) is 12.2. The van der Waals surface area contributed by atoms with Gasteiger partial charge in [-0.15, -0.1) is 0 Å². The van der Waals surface area contributed by atoms with Gasteiger partial charge in [-0.2, -0.15) is 0 Å². The molecule has 0 radical (unpaired) electrons. The van der Waals surface area contributed by atoms with Gasteiger partial charge in [0.25, 0.3) is 0 Å². The van der Waals surface area contributed by atoms with E-state index in [1.165, 1.54) is 12.1 Å². The van der Waals surface area contributed by atoms with Gasteiger partial charge in [0.15, 0.2) is 11.6 Å². The van der Waals surface area contributed by atoms with E-state index in [-0.39, 0.29) is 12.3 Å². The Morgan fingerprint density at radius 3 is 2.62 bits per heavy atom. The second kappa shape index (κ2) is 5.27. The van der Waals surface area contributed by atoms with Crippen molar-refractivity contribution in [3.8, 4) is 5.75 Å². The van der Waals surface area contributed by atoms with Crippen molar-refractivity contribution in [2.24, 2.45) is 0 Å². The molecule has 0 aliphatic carbocycles. The molecule has 0 saturated carbocycles. The van der Waals surface area contributed by atoms with Gasteiger partial charge in [0.2, 0.25) is 10.0 Å². The van der Waals surface area contributed by atoms with Crippen LogP contribution in [0.3, 0.4) is 0 Å². The number of hydrogen-bond acceptors (Lipinski definition) is 3. The molecule has 0 unspecified atom stereocenters. The highest BCUT2D eigenvalue weighted by Crippen LogP contribution is 2.18. The van der Waals surface area contributed by atoms with Crippen molar-refractivity contribution in [2.45, 2.75) is 13.5 Å². The molecule has 4 nitrogen and oxygen atoms in total. The Morgan fingerprint density at radius 1 is 1.44 bits per heavy atom. The first-order valence-electron chi connectivity index (χ1n) is 4.78. The number of benzene rings is 1. The summed E-state index contributed by atoms with van der Waals surface area (Å²) in [4.78, 5) is 0. The topological polar surface area (TPSA) is 55.4 Å². The first-order chi connectivity index (χ1) is 7.42. The SMILES string of the molecule is CCOc1ccc(CNS(C)(=O)=O)cc1F. The number of sulfonamides is 1. The Morgan fingerprint density at radius 2 is 2.12 bits per heavy atom. The molecule has 0 heterocycles. The summed E-state index contributed by atoms with van der Waals surface area (Å²) in [5, 5.41) is 0. The highest BCUT2D eigenvalue weighted by Gasteiger charge is 2.06. The lowest BCUT2D eigenvalue weighted by Crippen LogP contribution is -2.21. The van der Waals surface area contributed by atoms with Gasteiger partial charge in [0.05, 0.1) is 12.9 Å². The first-order valence-corrected chi connectivity index (χ1v) is 6.67. The van der Waals surface area contributed by atoms with Crippen molar-refractivity contribution in [1.82, 2.24) is 4.72 Å². The van der Waals surface area contributed by atoms with E-state index in [9.17, 15) is 12.8 Å². The lowest BCUT2D eigenvalue weighted by atomic mass is 10.2. The minimum absolute atomic E-state index is 0.0716. The largest absolute Gasteiger partial charge is 0.491 e. The molecule has 0 bridgehead atoms. The highest BCUT2D eigenvalue weighted by molar-refractivity contribution is 7.88. The Balaban J connectivity index is 2.73. The van der Waals surface area contributed by atoms with Gasteiger partial charge in [-0.1, -0.05) is 6.07 Å². The minimum atomic E-state index is -3.26. The molecule has 0 spiro atoms. The lowest BCUT2D eigenvalue weighted by Gasteiger charge is -2.07. The minimum Gasteiger partial charge on any atom is -0.491 e. The molecule has 0 aliphatic rings. The van der Waals surface area contributed by atoms with Crippen molar-refractivity contribution in [1.29, 1.82) is 0 Å². The third-order valence-electron chi connectivity index (χ3n) is 1.83. The molecular weight excluding hydrogens is 233 g/mol. The van der Waals surface area contributed by atoms with Gasteiger partial charge >= 0.3 is 0 Å². The zero-order valence-corrected chi connectivity index (χ0v) is 9.97. The van der Waals surface area contributed by atoms with E-state index in [1.54, 1.807) is 13.0 Å². The van der Waals surface area contributed by atoms with Gasteiger partial charge in [-0.05, 0) is 24.6 Å². The van der Waals surface area contributed by atoms with Gasteiger partial charge in [0.1, 0.15) is 0 Å². The Bertz CT molecular complexity index is 459. The normalized spacial score (nSPS) is 11.4. The fourth-order valence-corrected chi connectivity index (χ4v) is 1.57. The molecule has 1 aromatic rings. The summed E-state index contributed by atoms with van der Waals surface area (Å²) in [5.41, 5.74) is 0.548. The predicted molar refractivity (Wildman–Crippen MR) is 59.3 cm³/mol. The Kier molecular flexibility index (Phi) is 4.26. The molecule has 6 heteroatoms. The van der Waals surface area contributed by atoms with Crippen LogP contribution in [0.5, 0.6) is 5.75 Å². The smallest absolute Gasteiger partial charge is 0.209 e. The van der Waals surface area contributed by atoms with Crippen molar-refractivity contribution >= 4 is 10.0 Å². The molecule has 90 valence electrons. The monoisotopic (exact) mass is 247 g/mol. The van der Waals surface area contributed by atoms with Crippen molar-refractivity contribution in [2.75, 3.05) is 12.9 Å². The standard InChI is InChI=1S/C10H14FNO3S/c1-3-15-10-5-4-8(6-9(10)11)7-12-16(2,13)14/h4-6,12H,3,7H2,1-2H3.